The van der Waals surface area contributed by atoms with E-state index in [1.807, 2.05) is 0 Å². The van der Waals surface area contributed by atoms with Crippen LogP contribution in [0.25, 0.3) is 0 Å². The van der Waals surface area contributed by atoms with E-state index < -0.39 is 0 Å². The normalized spacial score (nSPS) is 37.1. The molecule has 1 unspecified atom stereocenters. The molecule has 0 saturated heterocycles. The molecule has 0 aromatic carbocycles. The second-order valence-electron chi connectivity index (χ2n) is 4.27. The Kier molecular flexibility index (Phi) is 1.45. The fourth-order valence-corrected chi connectivity index (χ4v) is 1.88. The molecule has 0 aliphatic heterocycles. The van der Waals surface area contributed by atoms with Crippen LogP contribution in [0.2, 0.25) is 0 Å². The minimum absolute atomic E-state index is 0.513. The van der Waals surface area contributed by atoms with Crippen LogP contribution < -0.4 is 0 Å². The van der Waals surface area contributed by atoms with Crippen molar-refractivity contribution >= 4 is 0 Å². The third-order valence-electron chi connectivity index (χ3n) is 3.10. The van der Waals surface area contributed by atoms with Gasteiger partial charge in [0, 0.05) is 0 Å². The van der Waals surface area contributed by atoms with Gasteiger partial charge in [-0.2, -0.15) is 0 Å². The molecular formula is C11H16. The first-order valence-electron chi connectivity index (χ1n) is 4.57. The van der Waals surface area contributed by atoms with Crippen molar-refractivity contribution in [2.75, 3.05) is 0 Å². The van der Waals surface area contributed by atoms with Crippen LogP contribution in [0.15, 0.2) is 23.8 Å². The van der Waals surface area contributed by atoms with Crippen molar-refractivity contribution in [2.24, 2.45) is 11.3 Å². The second-order valence-corrected chi connectivity index (χ2v) is 4.27. The molecule has 0 bridgehead atoms. The topological polar surface area (TPSA) is 0 Å². The van der Waals surface area contributed by atoms with Gasteiger partial charge in [-0.15, -0.1) is 0 Å². The molecule has 0 amide bonds. The molecule has 0 N–H and O–H groups in total. The summed E-state index contributed by atoms with van der Waals surface area (Å²) < 4.78 is 0. The van der Waals surface area contributed by atoms with Crippen LogP contribution in [-0.4, -0.2) is 0 Å². The molecule has 11 heavy (non-hydrogen) atoms. The van der Waals surface area contributed by atoms with E-state index in [4.69, 9.17) is 0 Å². The summed E-state index contributed by atoms with van der Waals surface area (Å²) in [7, 11) is 0. The average molecular weight is 148 g/mol. The van der Waals surface area contributed by atoms with E-state index in [1.54, 1.807) is 0 Å². The maximum Gasteiger partial charge on any atom is -0.00804 e. The van der Waals surface area contributed by atoms with E-state index in [-0.39, 0.29) is 0 Å². The summed E-state index contributed by atoms with van der Waals surface area (Å²) in [5, 5.41) is 0. The van der Waals surface area contributed by atoms with E-state index in [0.29, 0.717) is 5.41 Å². The number of allylic oxidation sites excluding steroid dienone is 4. The van der Waals surface area contributed by atoms with Gasteiger partial charge in [0.2, 0.25) is 0 Å². The molecule has 0 heterocycles. The predicted octanol–water partition coefficient (Wildman–Crippen LogP) is 3.31. The summed E-state index contributed by atoms with van der Waals surface area (Å²) in [5.74, 6) is 0.989. The van der Waals surface area contributed by atoms with Gasteiger partial charge in [0.15, 0.2) is 0 Å². The van der Waals surface area contributed by atoms with Gasteiger partial charge in [0.1, 0.15) is 0 Å². The Morgan fingerprint density at radius 3 is 2.64 bits per heavy atom. The number of rotatable bonds is 1. The zero-order valence-corrected chi connectivity index (χ0v) is 7.43. The zero-order valence-electron chi connectivity index (χ0n) is 7.43. The minimum Gasteiger partial charge on any atom is -0.0807 e. The monoisotopic (exact) mass is 148 g/mol. The lowest BCUT2D eigenvalue weighted by molar-refractivity contribution is 0.366. The van der Waals surface area contributed by atoms with Gasteiger partial charge in [0.05, 0.1) is 0 Å². The first kappa shape index (κ1) is 7.15. The van der Waals surface area contributed by atoms with E-state index in [0.717, 1.165) is 5.92 Å². The maximum atomic E-state index is 2.42. The highest BCUT2D eigenvalue weighted by Crippen LogP contribution is 2.50. The van der Waals surface area contributed by atoms with Gasteiger partial charge in [-0.3, -0.25) is 0 Å². The van der Waals surface area contributed by atoms with Gasteiger partial charge in [-0.05, 0) is 37.5 Å². The lowest BCUT2D eigenvalue weighted by Gasteiger charge is -2.27. The van der Waals surface area contributed by atoms with E-state index in [1.165, 1.54) is 24.8 Å². The SMILES string of the molecule is CC1=CCC(C)(C2CC2)C=C1. The Labute approximate surface area is 69.0 Å². The quantitative estimate of drug-likeness (QED) is 0.535. The largest absolute Gasteiger partial charge is 0.0807 e. The molecule has 0 spiro atoms. The molecule has 0 aromatic rings. The highest BCUT2D eigenvalue weighted by molar-refractivity contribution is 5.25. The minimum atomic E-state index is 0.513. The highest BCUT2D eigenvalue weighted by atomic mass is 14.4. The molecule has 2 rings (SSSR count). The summed E-state index contributed by atoms with van der Waals surface area (Å²) in [4.78, 5) is 0. The molecule has 0 aromatic heterocycles. The predicted molar refractivity (Wildman–Crippen MR) is 48.3 cm³/mol. The van der Waals surface area contributed by atoms with Crippen molar-refractivity contribution in [3.8, 4) is 0 Å². The Morgan fingerprint density at radius 1 is 1.45 bits per heavy atom. The highest BCUT2D eigenvalue weighted by Gasteiger charge is 2.39. The molecule has 60 valence electrons. The molecule has 1 saturated carbocycles. The van der Waals surface area contributed by atoms with Crippen LogP contribution in [-0.2, 0) is 0 Å². The van der Waals surface area contributed by atoms with E-state index in [2.05, 4.69) is 32.1 Å². The fourth-order valence-electron chi connectivity index (χ4n) is 1.88. The summed E-state index contributed by atoms with van der Waals surface area (Å²) >= 11 is 0. The first-order chi connectivity index (χ1) is 5.21. The summed E-state index contributed by atoms with van der Waals surface area (Å²) in [6.07, 6.45) is 11.2. The third-order valence-corrected chi connectivity index (χ3v) is 3.10. The Bertz CT molecular complexity index is 218. The Morgan fingerprint density at radius 2 is 2.18 bits per heavy atom. The average Bonchev–Trinajstić information content (AvgIpc) is 2.77. The Hall–Kier alpha value is -0.520. The molecule has 0 heteroatoms. The Balaban J connectivity index is 2.13. The van der Waals surface area contributed by atoms with Crippen molar-refractivity contribution < 1.29 is 0 Å². The van der Waals surface area contributed by atoms with Crippen LogP contribution in [0, 0.1) is 11.3 Å². The van der Waals surface area contributed by atoms with Gasteiger partial charge in [0.25, 0.3) is 0 Å². The van der Waals surface area contributed by atoms with Gasteiger partial charge < -0.3 is 0 Å². The number of hydrogen-bond donors (Lipinski definition) is 0. The lowest BCUT2D eigenvalue weighted by atomic mass is 9.78. The van der Waals surface area contributed by atoms with Crippen LogP contribution in [0.4, 0.5) is 0 Å². The molecule has 0 radical (unpaired) electrons. The fraction of sp³-hybridized carbons (Fsp3) is 0.636. The summed E-state index contributed by atoms with van der Waals surface area (Å²) in [6.45, 7) is 4.58. The standard InChI is InChI=1S/C11H16/c1-9-5-7-11(2,8-6-9)10-3-4-10/h5-7,10H,3-4,8H2,1-2H3. The van der Waals surface area contributed by atoms with Crippen LogP contribution in [0.5, 0.6) is 0 Å². The van der Waals surface area contributed by atoms with Crippen LogP contribution >= 0.6 is 0 Å². The smallest absolute Gasteiger partial charge is 0.00804 e. The van der Waals surface area contributed by atoms with Gasteiger partial charge >= 0.3 is 0 Å². The van der Waals surface area contributed by atoms with Crippen molar-refractivity contribution in [3.05, 3.63) is 23.8 Å². The second kappa shape index (κ2) is 2.23. The van der Waals surface area contributed by atoms with Gasteiger partial charge in [-0.25, -0.2) is 0 Å². The zero-order chi connectivity index (χ0) is 7.90. The summed E-state index contributed by atoms with van der Waals surface area (Å²) in [5.41, 5.74) is 1.95. The van der Waals surface area contributed by atoms with Crippen molar-refractivity contribution in [1.82, 2.24) is 0 Å². The lowest BCUT2D eigenvalue weighted by Crippen LogP contribution is -2.16. The molecule has 2 aliphatic rings. The number of hydrogen-bond acceptors (Lipinski definition) is 0. The van der Waals surface area contributed by atoms with Crippen LogP contribution in [0.3, 0.4) is 0 Å². The van der Waals surface area contributed by atoms with Gasteiger partial charge in [-0.1, -0.05) is 30.7 Å². The molecule has 1 fully saturated rings. The van der Waals surface area contributed by atoms with Crippen molar-refractivity contribution in [2.45, 2.75) is 33.1 Å². The van der Waals surface area contributed by atoms with E-state index in [9.17, 15) is 0 Å². The summed E-state index contributed by atoms with van der Waals surface area (Å²) in [6, 6.07) is 0. The third kappa shape index (κ3) is 1.26. The molecule has 0 nitrogen and oxygen atoms in total. The van der Waals surface area contributed by atoms with E-state index >= 15 is 0 Å². The maximum absolute atomic E-state index is 2.42. The van der Waals surface area contributed by atoms with Crippen LogP contribution in [0.1, 0.15) is 33.1 Å². The van der Waals surface area contributed by atoms with Crippen molar-refractivity contribution in [3.63, 3.8) is 0 Å². The first-order valence-corrected chi connectivity index (χ1v) is 4.57. The molecule has 2 aliphatic carbocycles. The molecular weight excluding hydrogens is 132 g/mol. The van der Waals surface area contributed by atoms with Crippen molar-refractivity contribution in [1.29, 1.82) is 0 Å². The molecule has 1 atom stereocenters.